The summed E-state index contributed by atoms with van der Waals surface area (Å²) in [5, 5.41) is 3.17. The summed E-state index contributed by atoms with van der Waals surface area (Å²) < 4.78 is 5.20. The third-order valence-electron chi connectivity index (χ3n) is 3.88. The van der Waals surface area contributed by atoms with Crippen LogP contribution in [0.15, 0.2) is 48.8 Å². The summed E-state index contributed by atoms with van der Waals surface area (Å²) in [5.74, 6) is -0.183. The van der Waals surface area contributed by atoms with Gasteiger partial charge in [-0.1, -0.05) is 11.6 Å². The lowest BCUT2D eigenvalue weighted by Crippen LogP contribution is -2.35. The Morgan fingerprint density at radius 2 is 1.85 bits per heavy atom. The van der Waals surface area contributed by atoms with Crippen molar-refractivity contribution in [2.75, 3.05) is 26.0 Å². The number of methoxy groups -OCH3 is 1. The molecule has 3 rings (SSSR count). The van der Waals surface area contributed by atoms with Crippen LogP contribution in [-0.4, -0.2) is 47.4 Å². The van der Waals surface area contributed by atoms with Crippen LogP contribution in [0.3, 0.4) is 0 Å². The molecule has 0 spiro atoms. The maximum Gasteiger partial charge on any atom is 0.254 e. The first-order chi connectivity index (χ1) is 13.0. The summed E-state index contributed by atoms with van der Waals surface area (Å²) in [7, 11) is 3.05. The van der Waals surface area contributed by atoms with Crippen LogP contribution in [0.2, 0.25) is 5.02 Å². The van der Waals surface area contributed by atoms with Gasteiger partial charge in [-0.25, -0.2) is 0 Å². The molecule has 0 aliphatic rings. The molecule has 8 heteroatoms. The molecule has 0 saturated heterocycles. The Bertz CT molecular complexity index is 1010. The van der Waals surface area contributed by atoms with E-state index in [1.165, 1.54) is 12.0 Å². The fraction of sp³-hybridized carbons (Fsp3) is 0.158. The molecule has 27 heavy (non-hydrogen) atoms. The number of aromatic nitrogens is 2. The number of ether oxygens (including phenoxy) is 1. The molecule has 0 radical (unpaired) electrons. The highest BCUT2D eigenvalue weighted by Gasteiger charge is 2.17. The van der Waals surface area contributed by atoms with Crippen molar-refractivity contribution in [1.82, 2.24) is 14.9 Å². The second-order valence-electron chi connectivity index (χ2n) is 5.81. The lowest BCUT2D eigenvalue weighted by atomic mass is 10.1. The minimum atomic E-state index is -0.369. The molecule has 0 aliphatic heterocycles. The number of anilines is 1. The van der Waals surface area contributed by atoms with E-state index >= 15 is 0 Å². The van der Waals surface area contributed by atoms with Gasteiger partial charge in [-0.05, 0) is 36.4 Å². The zero-order chi connectivity index (χ0) is 19.4. The lowest BCUT2D eigenvalue weighted by molar-refractivity contribution is -0.116. The van der Waals surface area contributed by atoms with Crippen molar-refractivity contribution >= 4 is 40.1 Å². The number of carbonyl (C=O) groups is 2. The van der Waals surface area contributed by atoms with Gasteiger partial charge in [-0.15, -0.1) is 0 Å². The topological polar surface area (TPSA) is 84.4 Å². The first-order valence-corrected chi connectivity index (χ1v) is 8.45. The second-order valence-corrected chi connectivity index (χ2v) is 6.25. The summed E-state index contributed by atoms with van der Waals surface area (Å²) in [6.07, 6.45) is 3.15. The number of amides is 2. The first-order valence-electron chi connectivity index (χ1n) is 8.07. The van der Waals surface area contributed by atoms with Crippen LogP contribution in [-0.2, 0) is 4.79 Å². The van der Waals surface area contributed by atoms with Crippen LogP contribution in [0.4, 0.5) is 5.69 Å². The van der Waals surface area contributed by atoms with Gasteiger partial charge in [0.15, 0.2) is 0 Å². The quantitative estimate of drug-likeness (QED) is 0.731. The normalized spacial score (nSPS) is 10.5. The Labute approximate surface area is 160 Å². The Kier molecular flexibility index (Phi) is 5.52. The summed E-state index contributed by atoms with van der Waals surface area (Å²) in [4.78, 5) is 34.6. The van der Waals surface area contributed by atoms with Gasteiger partial charge >= 0.3 is 0 Å². The van der Waals surface area contributed by atoms with E-state index in [4.69, 9.17) is 16.3 Å². The van der Waals surface area contributed by atoms with Crippen molar-refractivity contribution in [3.05, 3.63) is 59.4 Å². The third-order valence-corrected chi connectivity index (χ3v) is 4.11. The van der Waals surface area contributed by atoms with Crippen molar-refractivity contribution in [3.63, 3.8) is 0 Å². The molecule has 0 unspecified atom stereocenters. The molecule has 0 bridgehead atoms. The van der Waals surface area contributed by atoms with Gasteiger partial charge in [0, 0.05) is 30.0 Å². The van der Waals surface area contributed by atoms with Gasteiger partial charge in [0.2, 0.25) is 5.91 Å². The number of hydrogen-bond acceptors (Lipinski definition) is 5. The predicted molar refractivity (Wildman–Crippen MR) is 103 cm³/mol. The second kappa shape index (κ2) is 8.01. The number of carbonyl (C=O) groups excluding carboxylic acids is 2. The molecule has 1 heterocycles. The molecule has 138 valence electrons. The Balaban J connectivity index is 1.70. The van der Waals surface area contributed by atoms with Gasteiger partial charge in [0.1, 0.15) is 5.75 Å². The molecule has 0 fully saturated rings. The van der Waals surface area contributed by atoms with Crippen LogP contribution < -0.4 is 10.1 Å². The van der Waals surface area contributed by atoms with E-state index in [1.807, 2.05) is 0 Å². The standard InChI is InChI=1S/C19H17ClN4O3/c1-24(11-18(25)23-16-10-13(20)4-6-17(16)27-2)19(26)12-3-5-14-15(9-12)22-8-7-21-14/h3-10H,11H2,1-2H3,(H,23,25). The largest absolute Gasteiger partial charge is 0.495 e. The zero-order valence-corrected chi connectivity index (χ0v) is 15.5. The molecule has 1 N–H and O–H groups in total. The number of benzene rings is 2. The predicted octanol–water partition coefficient (Wildman–Crippen LogP) is 3.00. The van der Waals surface area contributed by atoms with E-state index in [9.17, 15) is 9.59 Å². The maximum absolute atomic E-state index is 12.6. The average Bonchev–Trinajstić information content (AvgIpc) is 2.67. The fourth-order valence-corrected chi connectivity index (χ4v) is 2.74. The highest BCUT2D eigenvalue weighted by Crippen LogP contribution is 2.27. The molecule has 7 nitrogen and oxygen atoms in total. The van der Waals surface area contributed by atoms with E-state index in [2.05, 4.69) is 15.3 Å². The number of nitrogens with zero attached hydrogens (tertiary/aromatic N) is 3. The number of nitrogens with one attached hydrogen (secondary N) is 1. The molecule has 0 saturated carbocycles. The molecule has 2 amide bonds. The number of fused-ring (bicyclic) bond motifs is 1. The van der Waals surface area contributed by atoms with Crippen LogP contribution in [0, 0.1) is 0 Å². The van der Waals surface area contributed by atoms with Crippen LogP contribution in [0.25, 0.3) is 11.0 Å². The van der Waals surface area contributed by atoms with E-state index in [0.29, 0.717) is 33.1 Å². The molecule has 3 aromatic rings. The molecule has 2 aromatic carbocycles. The minimum Gasteiger partial charge on any atom is -0.495 e. The van der Waals surface area contributed by atoms with E-state index < -0.39 is 0 Å². The number of rotatable bonds is 5. The van der Waals surface area contributed by atoms with Crippen LogP contribution in [0.5, 0.6) is 5.75 Å². The number of likely N-dealkylation sites (N-methyl/N-ethyl adjacent to an activating group) is 1. The lowest BCUT2D eigenvalue weighted by Gasteiger charge is -2.18. The van der Waals surface area contributed by atoms with Gasteiger partial charge in [-0.2, -0.15) is 0 Å². The molecular formula is C19H17ClN4O3. The number of hydrogen-bond donors (Lipinski definition) is 1. The minimum absolute atomic E-state index is 0.132. The van der Waals surface area contributed by atoms with Crippen molar-refractivity contribution in [3.8, 4) is 5.75 Å². The Hall–Kier alpha value is -3.19. The highest BCUT2D eigenvalue weighted by atomic mass is 35.5. The summed E-state index contributed by atoms with van der Waals surface area (Å²) in [6.45, 7) is -0.132. The average molecular weight is 385 g/mol. The van der Waals surface area contributed by atoms with Crippen molar-refractivity contribution < 1.29 is 14.3 Å². The van der Waals surface area contributed by atoms with E-state index in [-0.39, 0.29) is 18.4 Å². The molecule has 0 aliphatic carbocycles. The maximum atomic E-state index is 12.6. The summed E-state index contributed by atoms with van der Waals surface area (Å²) >= 11 is 5.96. The van der Waals surface area contributed by atoms with Crippen molar-refractivity contribution in [1.29, 1.82) is 0 Å². The Morgan fingerprint density at radius 1 is 1.11 bits per heavy atom. The molecular weight excluding hydrogens is 368 g/mol. The zero-order valence-electron chi connectivity index (χ0n) is 14.8. The molecule has 0 atom stereocenters. The smallest absolute Gasteiger partial charge is 0.254 e. The SMILES string of the molecule is COc1ccc(Cl)cc1NC(=O)CN(C)C(=O)c1ccc2nccnc2c1. The number of halogens is 1. The molecule has 1 aromatic heterocycles. The highest BCUT2D eigenvalue weighted by molar-refractivity contribution is 6.31. The Morgan fingerprint density at radius 3 is 2.59 bits per heavy atom. The van der Waals surface area contributed by atoms with Gasteiger partial charge in [0.05, 0.1) is 30.4 Å². The monoisotopic (exact) mass is 384 g/mol. The summed E-state index contributed by atoms with van der Waals surface area (Å²) in [5.41, 5.74) is 2.18. The van der Waals surface area contributed by atoms with E-state index in [0.717, 1.165) is 0 Å². The van der Waals surface area contributed by atoms with Crippen LogP contribution in [0.1, 0.15) is 10.4 Å². The van der Waals surface area contributed by atoms with Crippen molar-refractivity contribution in [2.45, 2.75) is 0 Å². The summed E-state index contributed by atoms with van der Waals surface area (Å²) in [6, 6.07) is 9.94. The third kappa shape index (κ3) is 4.32. The van der Waals surface area contributed by atoms with Gasteiger partial charge in [0.25, 0.3) is 5.91 Å². The van der Waals surface area contributed by atoms with Gasteiger partial charge < -0.3 is 15.0 Å². The fourth-order valence-electron chi connectivity index (χ4n) is 2.57. The van der Waals surface area contributed by atoms with Crippen LogP contribution >= 0.6 is 11.6 Å². The van der Waals surface area contributed by atoms with Crippen molar-refractivity contribution in [2.24, 2.45) is 0 Å². The first kappa shape index (κ1) is 18.6. The van der Waals surface area contributed by atoms with Gasteiger partial charge in [-0.3, -0.25) is 19.6 Å². The van der Waals surface area contributed by atoms with E-state index in [1.54, 1.807) is 55.8 Å².